The molecule has 2 aromatic rings. The molecule has 0 amide bonds. The van der Waals surface area contributed by atoms with Crippen LogP contribution < -0.4 is 10.6 Å². The zero-order chi connectivity index (χ0) is 13.9. The van der Waals surface area contributed by atoms with Crippen molar-refractivity contribution in [3.63, 3.8) is 0 Å². The summed E-state index contributed by atoms with van der Waals surface area (Å²) in [6.45, 7) is 1.62. The third-order valence-electron chi connectivity index (χ3n) is 4.01. The van der Waals surface area contributed by atoms with Gasteiger partial charge in [0, 0.05) is 21.2 Å². The molecule has 1 N–H and O–H groups in total. The lowest BCUT2D eigenvalue weighted by molar-refractivity contribution is 0.498. The van der Waals surface area contributed by atoms with Gasteiger partial charge >= 0.3 is 0 Å². The van der Waals surface area contributed by atoms with E-state index in [1.807, 2.05) is 48.5 Å². The van der Waals surface area contributed by atoms with Crippen LogP contribution in [0, 0.1) is 10.4 Å². The Kier molecular flexibility index (Phi) is 2.08. The van der Waals surface area contributed by atoms with Crippen LogP contribution in [0.25, 0.3) is 27.3 Å². The highest BCUT2D eigenvalue weighted by Crippen LogP contribution is 2.25. The fourth-order valence-electron chi connectivity index (χ4n) is 3.14. The average molecular weight is 260 g/mol. The highest BCUT2D eigenvalue weighted by molar-refractivity contribution is 6.10. The van der Waals surface area contributed by atoms with E-state index < -0.39 is 0 Å². The molecule has 2 aromatic carbocycles. The number of benzene rings is 2. The Morgan fingerprint density at radius 1 is 0.950 bits per heavy atom. The van der Waals surface area contributed by atoms with E-state index in [-0.39, 0.29) is 11.2 Å². The smallest absolute Gasteiger partial charge is 0.195 e. The van der Waals surface area contributed by atoms with Gasteiger partial charge in [0.2, 0.25) is 0 Å². The molecular weight excluding hydrogens is 248 g/mol. The molecule has 0 fully saturated rings. The maximum Gasteiger partial charge on any atom is 0.195 e. The second-order valence-electron chi connectivity index (χ2n) is 5.16. The molecule has 0 saturated carbocycles. The van der Waals surface area contributed by atoms with Crippen LogP contribution in [0.2, 0.25) is 0 Å². The van der Waals surface area contributed by atoms with Gasteiger partial charge in [-0.25, -0.2) is 0 Å². The minimum Gasteiger partial charge on any atom is -0.512 e. The minimum atomic E-state index is -0.00213. The van der Waals surface area contributed by atoms with E-state index in [0.29, 0.717) is 10.4 Å². The Morgan fingerprint density at radius 3 is 2.35 bits per heavy atom. The van der Waals surface area contributed by atoms with E-state index in [1.54, 1.807) is 6.92 Å². The third-order valence-corrected chi connectivity index (χ3v) is 4.01. The summed E-state index contributed by atoms with van der Waals surface area (Å²) in [5.74, 6) is 0.186. The highest BCUT2D eigenvalue weighted by Gasteiger charge is 2.10. The number of hydrogen-bond donors (Lipinski definition) is 1. The van der Waals surface area contributed by atoms with Gasteiger partial charge in [0.15, 0.2) is 5.43 Å². The molecule has 0 saturated heterocycles. The zero-order valence-electron chi connectivity index (χ0n) is 11.0. The summed E-state index contributed by atoms with van der Waals surface area (Å²) in [6.07, 6.45) is 0. The molecule has 0 aromatic heterocycles. The molecule has 2 aliphatic carbocycles. The molecule has 4 rings (SSSR count). The first kappa shape index (κ1) is 11.2. The van der Waals surface area contributed by atoms with Crippen LogP contribution in [-0.2, 0) is 0 Å². The molecule has 20 heavy (non-hydrogen) atoms. The Hall–Kier alpha value is -2.61. The van der Waals surface area contributed by atoms with Crippen molar-refractivity contribution >= 4 is 27.3 Å². The maximum absolute atomic E-state index is 12.8. The monoisotopic (exact) mass is 260 g/mol. The molecule has 2 aliphatic rings. The Balaban J connectivity index is 2.57. The van der Waals surface area contributed by atoms with Crippen molar-refractivity contribution in [2.24, 2.45) is 0 Å². The van der Waals surface area contributed by atoms with Gasteiger partial charge in [-0.1, -0.05) is 48.5 Å². The lowest BCUT2D eigenvalue weighted by atomic mass is 9.98. The lowest BCUT2D eigenvalue weighted by Crippen LogP contribution is -2.15. The van der Waals surface area contributed by atoms with E-state index in [0.717, 1.165) is 26.8 Å². The van der Waals surface area contributed by atoms with Crippen LogP contribution in [0.5, 0.6) is 0 Å². The number of aliphatic hydroxyl groups is 1. The van der Waals surface area contributed by atoms with Gasteiger partial charge in [0.05, 0.1) is 5.76 Å². The van der Waals surface area contributed by atoms with Crippen molar-refractivity contribution in [1.29, 1.82) is 0 Å². The number of rotatable bonds is 0. The number of aliphatic hydroxyl groups excluding tert-OH is 1. The molecule has 0 bridgehead atoms. The predicted octanol–water partition coefficient (Wildman–Crippen LogP) is 2.92. The zero-order valence-corrected chi connectivity index (χ0v) is 11.0. The van der Waals surface area contributed by atoms with Crippen LogP contribution >= 0.6 is 0 Å². The van der Waals surface area contributed by atoms with Gasteiger partial charge in [0.1, 0.15) is 0 Å². The molecule has 0 radical (unpaired) electrons. The summed E-state index contributed by atoms with van der Waals surface area (Å²) < 4.78 is 0. The molecule has 96 valence electrons. The predicted molar refractivity (Wildman–Crippen MR) is 81.1 cm³/mol. The summed E-state index contributed by atoms with van der Waals surface area (Å²) >= 11 is 0. The number of hydrogen-bond acceptors (Lipinski definition) is 2. The van der Waals surface area contributed by atoms with Gasteiger partial charge in [0.25, 0.3) is 0 Å². The van der Waals surface area contributed by atoms with Crippen LogP contribution in [0.1, 0.15) is 6.92 Å². The molecule has 0 spiro atoms. The van der Waals surface area contributed by atoms with Gasteiger partial charge < -0.3 is 5.11 Å². The van der Waals surface area contributed by atoms with Crippen molar-refractivity contribution in [3.05, 3.63) is 74.4 Å². The van der Waals surface area contributed by atoms with E-state index in [2.05, 4.69) is 0 Å². The maximum atomic E-state index is 12.8. The van der Waals surface area contributed by atoms with Crippen molar-refractivity contribution < 1.29 is 5.11 Å². The van der Waals surface area contributed by atoms with Crippen LogP contribution in [0.4, 0.5) is 0 Å². The Labute approximate surface area is 114 Å². The Bertz CT molecular complexity index is 1120. The van der Waals surface area contributed by atoms with Crippen molar-refractivity contribution in [2.45, 2.75) is 6.92 Å². The molecule has 2 heteroatoms. The van der Waals surface area contributed by atoms with E-state index in [9.17, 15) is 9.90 Å². The van der Waals surface area contributed by atoms with Crippen molar-refractivity contribution in [2.75, 3.05) is 0 Å². The third kappa shape index (κ3) is 1.26. The van der Waals surface area contributed by atoms with Crippen LogP contribution in [0.15, 0.2) is 53.3 Å². The normalized spacial score (nSPS) is 13.4. The SMILES string of the molecule is C/C(O)=c1\ccc2c3cccc4cccc(c(=O)c1=2)c43. The van der Waals surface area contributed by atoms with E-state index in [1.165, 1.54) is 0 Å². The molecule has 0 aliphatic heterocycles. The summed E-state index contributed by atoms with van der Waals surface area (Å²) in [5.41, 5.74) is -0.00213. The molecular formula is C18H12O2. The van der Waals surface area contributed by atoms with Gasteiger partial charge in [-0.2, -0.15) is 0 Å². The fraction of sp³-hybridized carbons (Fsp3) is 0.0556. The summed E-state index contributed by atoms with van der Waals surface area (Å²) in [5, 5.41) is 15.8. The average Bonchev–Trinajstić information content (AvgIpc) is 2.90. The van der Waals surface area contributed by atoms with E-state index in [4.69, 9.17) is 0 Å². The van der Waals surface area contributed by atoms with Crippen molar-refractivity contribution in [3.8, 4) is 0 Å². The molecule has 0 heterocycles. The van der Waals surface area contributed by atoms with Crippen LogP contribution in [-0.4, -0.2) is 5.11 Å². The molecule has 0 unspecified atom stereocenters. The molecule has 0 atom stereocenters. The van der Waals surface area contributed by atoms with Crippen LogP contribution in [0.3, 0.4) is 0 Å². The van der Waals surface area contributed by atoms with Gasteiger partial charge in [-0.3, -0.25) is 4.79 Å². The summed E-state index contributed by atoms with van der Waals surface area (Å²) in [4.78, 5) is 12.8. The van der Waals surface area contributed by atoms with Gasteiger partial charge in [-0.15, -0.1) is 0 Å². The highest BCUT2D eigenvalue weighted by atomic mass is 16.3. The largest absolute Gasteiger partial charge is 0.512 e. The quantitative estimate of drug-likeness (QED) is 0.528. The summed E-state index contributed by atoms with van der Waals surface area (Å²) in [6, 6.07) is 15.6. The first-order valence-corrected chi connectivity index (χ1v) is 6.58. The first-order valence-electron chi connectivity index (χ1n) is 6.58. The second kappa shape index (κ2) is 3.70. The van der Waals surface area contributed by atoms with Gasteiger partial charge in [-0.05, 0) is 22.9 Å². The topological polar surface area (TPSA) is 37.3 Å². The number of fused-ring (bicyclic) bond motifs is 1. The van der Waals surface area contributed by atoms with Crippen molar-refractivity contribution in [1.82, 2.24) is 0 Å². The minimum absolute atomic E-state index is 0.00213. The standard InChI is InChI=1S/C18H12O2/c1-10(19)12-8-9-14-13-6-2-4-11-5-3-7-15(16(11)13)18(20)17(12)14/h2-9,19H,1H3/b12-10-. The fourth-order valence-corrected chi connectivity index (χ4v) is 3.14. The summed E-state index contributed by atoms with van der Waals surface area (Å²) in [7, 11) is 0. The first-order chi connectivity index (χ1) is 9.68. The second-order valence-corrected chi connectivity index (χ2v) is 5.16. The molecule has 2 nitrogen and oxygen atoms in total. The Morgan fingerprint density at radius 2 is 1.65 bits per heavy atom. The lowest BCUT2D eigenvalue weighted by Gasteiger charge is -2.04. The van der Waals surface area contributed by atoms with E-state index >= 15 is 0 Å².